The van der Waals surface area contributed by atoms with Gasteiger partial charge in [-0.1, -0.05) is 23.7 Å². The lowest BCUT2D eigenvalue weighted by Crippen LogP contribution is -2.43. The highest BCUT2D eigenvalue weighted by molar-refractivity contribution is 7.89. The topological polar surface area (TPSA) is 70.0 Å². The van der Waals surface area contributed by atoms with E-state index in [1.165, 1.54) is 10.4 Å². The lowest BCUT2D eigenvalue weighted by Gasteiger charge is -2.30. The largest absolute Gasteiger partial charge is 0.411 e. The summed E-state index contributed by atoms with van der Waals surface area (Å²) < 4.78 is 39.4. The Morgan fingerprint density at radius 1 is 1.50 bits per heavy atom. The Kier molecular flexibility index (Phi) is 4.31. The molecule has 1 aromatic carbocycles. The quantitative estimate of drug-likeness (QED) is 0.671. The summed E-state index contributed by atoms with van der Waals surface area (Å²) in [5, 5.41) is 11.9. The van der Waals surface area contributed by atoms with Gasteiger partial charge in [0.05, 0.1) is 10.7 Å². The molecule has 8 heteroatoms. The Morgan fingerprint density at radius 2 is 2.20 bits per heavy atom. The Hall–Kier alpha value is -1.18. The van der Waals surface area contributed by atoms with Crippen LogP contribution in [0, 0.1) is 11.7 Å². The first-order valence-electron chi connectivity index (χ1n) is 6.02. The Labute approximate surface area is 121 Å². The van der Waals surface area contributed by atoms with Gasteiger partial charge in [-0.25, -0.2) is 12.8 Å². The molecule has 1 N–H and O–H groups in total. The molecular weight excluding hydrogens is 307 g/mol. The first kappa shape index (κ1) is 15.2. The number of rotatable bonds is 2. The summed E-state index contributed by atoms with van der Waals surface area (Å²) in [5.41, 5.74) is 0.557. The predicted molar refractivity (Wildman–Crippen MR) is 73.2 cm³/mol. The summed E-state index contributed by atoms with van der Waals surface area (Å²) in [4.78, 5) is -0.240. The highest BCUT2D eigenvalue weighted by Gasteiger charge is 2.33. The van der Waals surface area contributed by atoms with Gasteiger partial charge < -0.3 is 5.21 Å². The maximum Gasteiger partial charge on any atom is 0.244 e. The summed E-state index contributed by atoms with van der Waals surface area (Å²) >= 11 is 5.86. The highest BCUT2D eigenvalue weighted by Crippen LogP contribution is 2.28. The van der Waals surface area contributed by atoms with Gasteiger partial charge in [0, 0.05) is 25.4 Å². The molecule has 5 nitrogen and oxygen atoms in total. The maximum atomic E-state index is 13.2. The first-order chi connectivity index (χ1) is 9.36. The van der Waals surface area contributed by atoms with E-state index in [1.807, 2.05) is 0 Å². The van der Waals surface area contributed by atoms with Gasteiger partial charge in [-0.15, -0.1) is 0 Å². The van der Waals surface area contributed by atoms with Crippen LogP contribution in [-0.4, -0.2) is 36.7 Å². The van der Waals surface area contributed by atoms with Crippen molar-refractivity contribution in [2.75, 3.05) is 13.1 Å². The smallest absolute Gasteiger partial charge is 0.244 e. The molecule has 20 heavy (non-hydrogen) atoms. The molecule has 1 atom stereocenters. The van der Waals surface area contributed by atoms with E-state index in [2.05, 4.69) is 5.16 Å². The lowest BCUT2D eigenvalue weighted by molar-refractivity contribution is 0.300. The minimum atomic E-state index is -3.86. The molecule has 110 valence electrons. The molecule has 1 saturated heterocycles. The van der Waals surface area contributed by atoms with Crippen molar-refractivity contribution in [1.82, 2.24) is 4.31 Å². The number of halogens is 2. The minimum absolute atomic E-state index is 0.0133. The van der Waals surface area contributed by atoms with E-state index in [9.17, 15) is 12.8 Å². The molecular formula is C12H14ClFN2O3S. The van der Waals surface area contributed by atoms with Gasteiger partial charge in [-0.3, -0.25) is 0 Å². The fourth-order valence-corrected chi connectivity index (χ4v) is 4.18. The third-order valence-electron chi connectivity index (χ3n) is 3.30. The number of hydrogen-bond acceptors (Lipinski definition) is 4. The van der Waals surface area contributed by atoms with Crippen LogP contribution in [0.4, 0.5) is 4.39 Å². The zero-order chi connectivity index (χ0) is 14.9. The summed E-state index contributed by atoms with van der Waals surface area (Å²) in [6.07, 6.45) is 0.337. The van der Waals surface area contributed by atoms with Crippen molar-refractivity contribution in [3.05, 3.63) is 29.0 Å². The third kappa shape index (κ3) is 2.79. The molecule has 0 radical (unpaired) electrons. The molecule has 0 amide bonds. The van der Waals surface area contributed by atoms with Crippen molar-refractivity contribution in [2.45, 2.75) is 18.2 Å². The standard InChI is InChI=1S/C12H14ClFN2O3S/c1-8-7-16(5-4-11(8)15-17)20(18,19)12-6-9(14)2-3-10(12)13/h2-3,6,8,17H,4-5,7H2,1H3/b15-11+. The second kappa shape index (κ2) is 5.67. The normalized spacial score (nSPS) is 23.1. The summed E-state index contributed by atoms with van der Waals surface area (Å²) in [6, 6.07) is 3.24. The summed E-state index contributed by atoms with van der Waals surface area (Å²) in [7, 11) is -3.86. The van der Waals surface area contributed by atoms with Crippen molar-refractivity contribution in [1.29, 1.82) is 0 Å². The SMILES string of the molecule is CC1CN(S(=O)(=O)c2cc(F)ccc2Cl)CC/C1=N\O. The van der Waals surface area contributed by atoms with Crippen LogP contribution >= 0.6 is 11.6 Å². The predicted octanol–water partition coefficient (Wildman–Crippen LogP) is 2.34. The van der Waals surface area contributed by atoms with E-state index in [-0.39, 0.29) is 28.9 Å². The summed E-state index contributed by atoms with van der Waals surface area (Å²) in [6.45, 7) is 2.12. The van der Waals surface area contributed by atoms with Gasteiger partial charge in [0.2, 0.25) is 10.0 Å². The molecule has 2 rings (SSSR count). The van der Waals surface area contributed by atoms with Crippen molar-refractivity contribution >= 4 is 27.3 Å². The lowest BCUT2D eigenvalue weighted by atomic mass is 10.00. The fraction of sp³-hybridized carbons (Fsp3) is 0.417. The molecule has 0 spiro atoms. The molecule has 1 aliphatic heterocycles. The molecule has 1 heterocycles. The number of sulfonamides is 1. The second-order valence-corrected chi connectivity index (χ2v) is 6.99. The molecule has 1 aromatic rings. The van der Waals surface area contributed by atoms with Crippen LogP contribution in [0.3, 0.4) is 0 Å². The van der Waals surface area contributed by atoms with E-state index in [0.29, 0.717) is 12.1 Å². The Balaban J connectivity index is 2.34. The van der Waals surface area contributed by atoms with E-state index in [1.54, 1.807) is 6.92 Å². The number of piperidine rings is 1. The number of hydrogen-bond donors (Lipinski definition) is 1. The molecule has 0 saturated carbocycles. The Bertz CT molecular complexity index is 648. The number of nitrogens with zero attached hydrogens (tertiary/aromatic N) is 2. The zero-order valence-electron chi connectivity index (χ0n) is 10.8. The monoisotopic (exact) mass is 320 g/mol. The van der Waals surface area contributed by atoms with Gasteiger partial charge >= 0.3 is 0 Å². The molecule has 1 unspecified atom stereocenters. The van der Waals surface area contributed by atoms with Gasteiger partial charge in [0.25, 0.3) is 0 Å². The van der Waals surface area contributed by atoms with Crippen LogP contribution in [0.1, 0.15) is 13.3 Å². The van der Waals surface area contributed by atoms with E-state index < -0.39 is 15.8 Å². The molecule has 0 bridgehead atoms. The van der Waals surface area contributed by atoms with Crippen molar-refractivity contribution < 1.29 is 18.0 Å². The zero-order valence-corrected chi connectivity index (χ0v) is 12.3. The van der Waals surface area contributed by atoms with E-state index in [0.717, 1.165) is 12.1 Å². The van der Waals surface area contributed by atoms with Crippen molar-refractivity contribution in [3.63, 3.8) is 0 Å². The number of benzene rings is 1. The first-order valence-corrected chi connectivity index (χ1v) is 7.84. The average molecular weight is 321 g/mol. The molecule has 1 aliphatic rings. The third-order valence-corrected chi connectivity index (χ3v) is 5.65. The van der Waals surface area contributed by atoms with Crippen molar-refractivity contribution in [3.8, 4) is 0 Å². The summed E-state index contributed by atoms with van der Waals surface area (Å²) in [5.74, 6) is -0.855. The number of oxime groups is 1. The van der Waals surface area contributed by atoms with Crippen LogP contribution in [0.15, 0.2) is 28.3 Å². The minimum Gasteiger partial charge on any atom is -0.411 e. The van der Waals surface area contributed by atoms with Crippen molar-refractivity contribution in [2.24, 2.45) is 11.1 Å². The van der Waals surface area contributed by atoms with Gasteiger partial charge in [0.15, 0.2) is 0 Å². The maximum absolute atomic E-state index is 13.2. The van der Waals surface area contributed by atoms with Crippen LogP contribution in [0.5, 0.6) is 0 Å². The van der Waals surface area contributed by atoms with E-state index in [4.69, 9.17) is 16.8 Å². The van der Waals surface area contributed by atoms with E-state index >= 15 is 0 Å². The van der Waals surface area contributed by atoms with Gasteiger partial charge in [0.1, 0.15) is 10.7 Å². The van der Waals surface area contributed by atoms with Crippen LogP contribution < -0.4 is 0 Å². The van der Waals surface area contributed by atoms with Crippen LogP contribution in [-0.2, 0) is 10.0 Å². The molecule has 0 aliphatic carbocycles. The van der Waals surface area contributed by atoms with Gasteiger partial charge in [-0.2, -0.15) is 4.31 Å². The fourth-order valence-electron chi connectivity index (χ4n) is 2.17. The molecule has 0 aromatic heterocycles. The average Bonchev–Trinajstić information content (AvgIpc) is 2.41. The Morgan fingerprint density at radius 3 is 2.80 bits per heavy atom. The van der Waals surface area contributed by atoms with Crippen LogP contribution in [0.25, 0.3) is 0 Å². The van der Waals surface area contributed by atoms with Crippen LogP contribution in [0.2, 0.25) is 5.02 Å². The van der Waals surface area contributed by atoms with Gasteiger partial charge in [-0.05, 0) is 18.2 Å². The second-order valence-electron chi connectivity index (χ2n) is 4.68. The highest BCUT2D eigenvalue weighted by atomic mass is 35.5. The molecule has 1 fully saturated rings.